The van der Waals surface area contributed by atoms with E-state index in [2.05, 4.69) is 27.7 Å². The first-order valence-corrected chi connectivity index (χ1v) is 7.26. The van der Waals surface area contributed by atoms with Crippen LogP contribution in [-0.2, 0) is 4.74 Å². The second-order valence-electron chi connectivity index (χ2n) is 6.28. The van der Waals surface area contributed by atoms with Crippen molar-refractivity contribution >= 4 is 0 Å². The van der Waals surface area contributed by atoms with E-state index in [-0.39, 0.29) is 17.6 Å². The molecule has 0 aromatic carbocycles. The van der Waals surface area contributed by atoms with Crippen LogP contribution >= 0.6 is 0 Å². The summed E-state index contributed by atoms with van der Waals surface area (Å²) < 4.78 is 5.95. The van der Waals surface area contributed by atoms with E-state index in [1.54, 1.807) is 0 Å². The molecule has 2 unspecified atom stereocenters. The van der Waals surface area contributed by atoms with E-state index in [1.807, 2.05) is 6.92 Å². The summed E-state index contributed by atoms with van der Waals surface area (Å²) in [7, 11) is 0. The van der Waals surface area contributed by atoms with Gasteiger partial charge in [0.15, 0.2) is 0 Å². The minimum atomic E-state index is 0.107. The molecule has 0 heterocycles. The average Bonchev–Trinajstić information content (AvgIpc) is 2.19. The summed E-state index contributed by atoms with van der Waals surface area (Å²) >= 11 is 0. The molecule has 104 valence electrons. The predicted octanol–water partition coefficient (Wildman–Crippen LogP) is 4.13. The zero-order chi connectivity index (χ0) is 13.3. The molecule has 2 nitrogen and oxygen atoms in total. The van der Waals surface area contributed by atoms with Crippen molar-refractivity contribution in [2.45, 2.75) is 85.3 Å². The van der Waals surface area contributed by atoms with E-state index < -0.39 is 0 Å². The molecule has 0 rings (SSSR count). The van der Waals surface area contributed by atoms with Gasteiger partial charge in [-0.15, -0.1) is 0 Å². The molecule has 0 fully saturated rings. The molecule has 0 aliphatic rings. The van der Waals surface area contributed by atoms with Gasteiger partial charge < -0.3 is 10.5 Å². The van der Waals surface area contributed by atoms with Gasteiger partial charge in [-0.3, -0.25) is 0 Å². The quantitative estimate of drug-likeness (QED) is 0.618. The van der Waals surface area contributed by atoms with Gasteiger partial charge in [0.2, 0.25) is 0 Å². The van der Waals surface area contributed by atoms with Crippen LogP contribution in [0.25, 0.3) is 0 Å². The Labute approximate surface area is 108 Å². The maximum atomic E-state index is 5.98. The highest BCUT2D eigenvalue weighted by atomic mass is 16.5. The second-order valence-corrected chi connectivity index (χ2v) is 6.28. The first-order chi connectivity index (χ1) is 7.89. The Morgan fingerprint density at radius 1 is 1.00 bits per heavy atom. The van der Waals surface area contributed by atoms with Gasteiger partial charge in [0.25, 0.3) is 0 Å². The first-order valence-electron chi connectivity index (χ1n) is 7.26. The van der Waals surface area contributed by atoms with Gasteiger partial charge in [0.05, 0.1) is 6.10 Å². The van der Waals surface area contributed by atoms with Crippen molar-refractivity contribution in [3.8, 4) is 0 Å². The lowest BCUT2D eigenvalue weighted by Gasteiger charge is -2.33. The van der Waals surface area contributed by atoms with Crippen LogP contribution in [0.2, 0.25) is 0 Å². The zero-order valence-corrected chi connectivity index (χ0v) is 12.6. The van der Waals surface area contributed by atoms with E-state index in [4.69, 9.17) is 10.5 Å². The summed E-state index contributed by atoms with van der Waals surface area (Å²) in [6, 6.07) is 0.107. The van der Waals surface area contributed by atoms with Crippen LogP contribution in [0, 0.1) is 5.41 Å². The maximum absolute atomic E-state index is 5.98. The third-order valence-electron chi connectivity index (χ3n) is 3.13. The Kier molecular flexibility index (Phi) is 8.89. The number of rotatable bonds is 9. The molecule has 0 aromatic rings. The second kappa shape index (κ2) is 8.93. The average molecular weight is 243 g/mol. The zero-order valence-electron chi connectivity index (χ0n) is 12.6. The molecule has 0 saturated carbocycles. The Morgan fingerprint density at radius 2 is 1.53 bits per heavy atom. The smallest absolute Gasteiger partial charge is 0.0771 e. The fourth-order valence-corrected chi connectivity index (χ4v) is 2.28. The molecule has 17 heavy (non-hydrogen) atoms. The molecular formula is C15H33NO. The summed E-state index contributed by atoms with van der Waals surface area (Å²) in [5, 5.41) is 0. The van der Waals surface area contributed by atoms with Crippen molar-refractivity contribution in [2.75, 3.05) is 6.61 Å². The summed E-state index contributed by atoms with van der Waals surface area (Å²) in [5.41, 5.74) is 6.11. The van der Waals surface area contributed by atoms with Gasteiger partial charge in [-0.2, -0.15) is 0 Å². The molecule has 0 bridgehead atoms. The minimum absolute atomic E-state index is 0.107. The molecule has 0 aliphatic heterocycles. The standard InChI is InChI=1S/C15H33NO/c1-6-7-8-9-10-11-12-17-14(13(2)16)15(3,4)5/h13-14H,6-12,16H2,1-5H3. The Morgan fingerprint density at radius 3 is 2.00 bits per heavy atom. The van der Waals surface area contributed by atoms with Crippen LogP contribution < -0.4 is 5.73 Å². The van der Waals surface area contributed by atoms with Gasteiger partial charge in [-0.1, -0.05) is 59.8 Å². The fraction of sp³-hybridized carbons (Fsp3) is 1.00. The van der Waals surface area contributed by atoms with Gasteiger partial charge >= 0.3 is 0 Å². The van der Waals surface area contributed by atoms with E-state index in [0.717, 1.165) is 6.61 Å². The molecule has 2 heteroatoms. The van der Waals surface area contributed by atoms with E-state index in [1.165, 1.54) is 38.5 Å². The van der Waals surface area contributed by atoms with Crippen LogP contribution in [0.4, 0.5) is 0 Å². The van der Waals surface area contributed by atoms with E-state index in [0.29, 0.717) is 0 Å². The first kappa shape index (κ1) is 16.9. The predicted molar refractivity (Wildman–Crippen MR) is 76.2 cm³/mol. The van der Waals surface area contributed by atoms with Gasteiger partial charge in [-0.05, 0) is 18.8 Å². The molecule has 2 atom stereocenters. The molecule has 0 amide bonds. The number of unbranched alkanes of at least 4 members (excludes halogenated alkanes) is 5. The highest BCUT2D eigenvalue weighted by molar-refractivity contribution is 4.81. The molecule has 0 aliphatic carbocycles. The van der Waals surface area contributed by atoms with Crippen LogP contribution in [0.15, 0.2) is 0 Å². The normalized spacial score (nSPS) is 15.9. The highest BCUT2D eigenvalue weighted by Gasteiger charge is 2.28. The fourth-order valence-electron chi connectivity index (χ4n) is 2.28. The van der Waals surface area contributed by atoms with Crippen molar-refractivity contribution in [3.63, 3.8) is 0 Å². The largest absolute Gasteiger partial charge is 0.376 e. The third-order valence-corrected chi connectivity index (χ3v) is 3.13. The molecule has 0 aromatic heterocycles. The van der Waals surface area contributed by atoms with Crippen LogP contribution in [-0.4, -0.2) is 18.8 Å². The third kappa shape index (κ3) is 8.62. The maximum Gasteiger partial charge on any atom is 0.0771 e. The molecule has 2 N–H and O–H groups in total. The van der Waals surface area contributed by atoms with Crippen LogP contribution in [0.1, 0.15) is 73.1 Å². The number of nitrogens with two attached hydrogens (primary N) is 1. The van der Waals surface area contributed by atoms with Crippen molar-refractivity contribution in [3.05, 3.63) is 0 Å². The molecule has 0 spiro atoms. The van der Waals surface area contributed by atoms with E-state index >= 15 is 0 Å². The molecule has 0 radical (unpaired) electrons. The molecular weight excluding hydrogens is 210 g/mol. The van der Waals surface area contributed by atoms with Crippen LogP contribution in [0.3, 0.4) is 0 Å². The van der Waals surface area contributed by atoms with Gasteiger partial charge in [0.1, 0.15) is 0 Å². The lowest BCUT2D eigenvalue weighted by molar-refractivity contribution is -0.0314. The van der Waals surface area contributed by atoms with Gasteiger partial charge in [-0.25, -0.2) is 0 Å². The van der Waals surface area contributed by atoms with Crippen LogP contribution in [0.5, 0.6) is 0 Å². The van der Waals surface area contributed by atoms with Crippen molar-refractivity contribution < 1.29 is 4.74 Å². The Hall–Kier alpha value is -0.0800. The van der Waals surface area contributed by atoms with Crippen molar-refractivity contribution in [1.29, 1.82) is 0 Å². The number of hydrogen-bond acceptors (Lipinski definition) is 2. The monoisotopic (exact) mass is 243 g/mol. The minimum Gasteiger partial charge on any atom is -0.376 e. The lowest BCUT2D eigenvalue weighted by atomic mass is 9.85. The molecule has 0 saturated heterocycles. The summed E-state index contributed by atoms with van der Waals surface area (Å²) in [6.45, 7) is 11.7. The van der Waals surface area contributed by atoms with Gasteiger partial charge in [0, 0.05) is 12.6 Å². The topological polar surface area (TPSA) is 35.2 Å². The summed E-state index contributed by atoms with van der Waals surface area (Å²) in [6.07, 6.45) is 8.01. The summed E-state index contributed by atoms with van der Waals surface area (Å²) in [5.74, 6) is 0. The SMILES string of the molecule is CCCCCCCCOC(C(C)N)C(C)(C)C. The number of ether oxygens (including phenoxy) is 1. The summed E-state index contributed by atoms with van der Waals surface area (Å²) in [4.78, 5) is 0. The van der Waals surface area contributed by atoms with Crippen molar-refractivity contribution in [2.24, 2.45) is 11.1 Å². The highest BCUT2D eigenvalue weighted by Crippen LogP contribution is 2.24. The van der Waals surface area contributed by atoms with Crippen molar-refractivity contribution in [1.82, 2.24) is 0 Å². The Balaban J connectivity index is 3.63. The lowest BCUT2D eigenvalue weighted by Crippen LogP contribution is -2.43. The number of hydrogen-bond donors (Lipinski definition) is 1. The van der Waals surface area contributed by atoms with E-state index in [9.17, 15) is 0 Å². The Bertz CT molecular complexity index is 172.